The van der Waals surface area contributed by atoms with E-state index in [2.05, 4.69) is 65.8 Å². The van der Waals surface area contributed by atoms with Gasteiger partial charge in [0.25, 0.3) is 0 Å². The van der Waals surface area contributed by atoms with E-state index in [-0.39, 0.29) is 0 Å². The molecule has 0 saturated carbocycles. The highest BCUT2D eigenvalue weighted by atomic mass is 14.9. The van der Waals surface area contributed by atoms with Crippen molar-refractivity contribution < 1.29 is 0 Å². The van der Waals surface area contributed by atoms with Gasteiger partial charge < -0.3 is 5.32 Å². The summed E-state index contributed by atoms with van der Waals surface area (Å²) in [5.41, 5.74) is 3.66. The Kier molecular flexibility index (Phi) is 3.75. The van der Waals surface area contributed by atoms with Gasteiger partial charge in [-0.3, -0.25) is 4.98 Å². The quantitative estimate of drug-likeness (QED) is 0.766. The summed E-state index contributed by atoms with van der Waals surface area (Å²) in [6.45, 7) is 3.04. The highest BCUT2D eigenvalue weighted by molar-refractivity contribution is 5.81. The predicted octanol–water partition coefficient (Wildman–Crippen LogP) is 4.09. The molecule has 0 radical (unpaired) electrons. The second-order valence-electron chi connectivity index (χ2n) is 5.00. The summed E-state index contributed by atoms with van der Waals surface area (Å²) in [5.74, 6) is 0. The van der Waals surface area contributed by atoms with Gasteiger partial charge in [0.15, 0.2) is 0 Å². The van der Waals surface area contributed by atoms with Crippen LogP contribution in [0.4, 0.5) is 0 Å². The number of benzene rings is 2. The van der Waals surface area contributed by atoms with E-state index in [4.69, 9.17) is 0 Å². The second-order valence-corrected chi connectivity index (χ2v) is 5.00. The molecule has 0 unspecified atom stereocenters. The number of nitrogens with one attached hydrogen (secondary N) is 1. The first-order valence-electron chi connectivity index (χ1n) is 6.95. The molecule has 0 saturated heterocycles. The molecule has 1 atom stereocenters. The van der Waals surface area contributed by atoms with Crippen LogP contribution in [0.1, 0.15) is 24.1 Å². The molecule has 20 heavy (non-hydrogen) atoms. The smallest absolute Gasteiger partial charge is 0.0705 e. The summed E-state index contributed by atoms with van der Waals surface area (Å²) in [5, 5.41) is 4.80. The van der Waals surface area contributed by atoms with E-state index >= 15 is 0 Å². The first kappa shape index (κ1) is 12.8. The molecule has 0 fully saturated rings. The van der Waals surface area contributed by atoms with E-state index < -0.39 is 0 Å². The van der Waals surface area contributed by atoms with Crippen molar-refractivity contribution in [3.8, 4) is 0 Å². The highest BCUT2D eigenvalue weighted by Gasteiger charge is 2.06. The monoisotopic (exact) mass is 262 g/mol. The molecule has 3 aromatic rings. The number of hydrogen-bond acceptors (Lipinski definition) is 2. The van der Waals surface area contributed by atoms with E-state index in [1.807, 2.05) is 18.3 Å². The normalized spacial score (nSPS) is 12.4. The summed E-state index contributed by atoms with van der Waals surface area (Å²) < 4.78 is 0. The SMILES string of the molecule is C[C@@H](NCc1ccnc2ccccc12)c1ccccc1. The fourth-order valence-corrected chi connectivity index (χ4v) is 2.43. The Labute approximate surface area is 119 Å². The van der Waals surface area contributed by atoms with Crippen molar-refractivity contribution in [2.24, 2.45) is 0 Å². The zero-order valence-corrected chi connectivity index (χ0v) is 11.6. The standard InChI is InChI=1S/C18H18N2/c1-14(15-7-3-2-4-8-15)20-13-16-11-12-19-18-10-6-5-9-17(16)18/h2-12,14,20H,13H2,1H3/t14-/m1/s1. The number of para-hydroxylation sites is 1. The Balaban J connectivity index is 1.77. The number of pyridine rings is 1. The van der Waals surface area contributed by atoms with Gasteiger partial charge >= 0.3 is 0 Å². The maximum absolute atomic E-state index is 4.40. The number of fused-ring (bicyclic) bond motifs is 1. The fraction of sp³-hybridized carbons (Fsp3) is 0.167. The average molecular weight is 262 g/mol. The second kappa shape index (κ2) is 5.85. The summed E-state index contributed by atoms with van der Waals surface area (Å²) in [7, 11) is 0. The van der Waals surface area contributed by atoms with Crippen LogP contribution in [0.2, 0.25) is 0 Å². The number of rotatable bonds is 4. The zero-order valence-electron chi connectivity index (χ0n) is 11.6. The lowest BCUT2D eigenvalue weighted by molar-refractivity contribution is 0.576. The molecule has 0 aliphatic carbocycles. The summed E-state index contributed by atoms with van der Waals surface area (Å²) >= 11 is 0. The van der Waals surface area contributed by atoms with Crippen LogP contribution in [0, 0.1) is 0 Å². The molecule has 0 bridgehead atoms. The lowest BCUT2D eigenvalue weighted by atomic mass is 10.1. The third-order valence-corrected chi connectivity index (χ3v) is 3.64. The number of aromatic nitrogens is 1. The lowest BCUT2D eigenvalue weighted by Crippen LogP contribution is -2.18. The Morgan fingerprint density at radius 3 is 2.55 bits per heavy atom. The Hall–Kier alpha value is -2.19. The molecule has 1 aromatic heterocycles. The molecule has 0 aliphatic rings. The van der Waals surface area contributed by atoms with Crippen molar-refractivity contribution in [3.63, 3.8) is 0 Å². The molecular formula is C18H18N2. The van der Waals surface area contributed by atoms with Crippen molar-refractivity contribution in [1.29, 1.82) is 0 Å². The lowest BCUT2D eigenvalue weighted by Gasteiger charge is -2.15. The van der Waals surface area contributed by atoms with Crippen LogP contribution in [0.15, 0.2) is 66.9 Å². The van der Waals surface area contributed by atoms with Gasteiger partial charge in [-0.05, 0) is 30.2 Å². The van der Waals surface area contributed by atoms with Gasteiger partial charge in [-0.25, -0.2) is 0 Å². The van der Waals surface area contributed by atoms with E-state index in [0.29, 0.717) is 6.04 Å². The first-order valence-corrected chi connectivity index (χ1v) is 6.95. The Bertz CT molecular complexity index is 687. The maximum atomic E-state index is 4.40. The largest absolute Gasteiger partial charge is 0.306 e. The molecule has 2 aromatic carbocycles. The van der Waals surface area contributed by atoms with Crippen LogP contribution in [0.3, 0.4) is 0 Å². The summed E-state index contributed by atoms with van der Waals surface area (Å²) in [6.07, 6.45) is 1.88. The molecular weight excluding hydrogens is 244 g/mol. The average Bonchev–Trinajstić information content (AvgIpc) is 2.53. The van der Waals surface area contributed by atoms with Gasteiger partial charge in [0.1, 0.15) is 0 Å². The van der Waals surface area contributed by atoms with Crippen molar-refractivity contribution in [2.45, 2.75) is 19.5 Å². The third kappa shape index (κ3) is 2.70. The summed E-state index contributed by atoms with van der Waals surface area (Å²) in [4.78, 5) is 4.40. The Morgan fingerprint density at radius 2 is 1.70 bits per heavy atom. The molecule has 3 rings (SSSR count). The number of nitrogens with zero attached hydrogens (tertiary/aromatic N) is 1. The topological polar surface area (TPSA) is 24.9 Å². The molecule has 0 aliphatic heterocycles. The molecule has 1 N–H and O–H groups in total. The number of hydrogen-bond donors (Lipinski definition) is 1. The molecule has 2 heteroatoms. The van der Waals surface area contributed by atoms with Gasteiger partial charge in [0.05, 0.1) is 5.52 Å². The summed E-state index contributed by atoms with van der Waals surface area (Å²) in [6, 6.07) is 21.2. The maximum Gasteiger partial charge on any atom is 0.0705 e. The Morgan fingerprint density at radius 1 is 0.950 bits per heavy atom. The minimum Gasteiger partial charge on any atom is -0.306 e. The van der Waals surface area contributed by atoms with Gasteiger partial charge in [0, 0.05) is 24.2 Å². The molecule has 2 nitrogen and oxygen atoms in total. The van der Waals surface area contributed by atoms with E-state index in [1.165, 1.54) is 16.5 Å². The van der Waals surface area contributed by atoms with Crippen LogP contribution in [-0.4, -0.2) is 4.98 Å². The van der Waals surface area contributed by atoms with E-state index in [9.17, 15) is 0 Å². The first-order chi connectivity index (χ1) is 9.84. The van der Waals surface area contributed by atoms with Gasteiger partial charge in [-0.15, -0.1) is 0 Å². The van der Waals surface area contributed by atoms with Crippen LogP contribution in [0.5, 0.6) is 0 Å². The van der Waals surface area contributed by atoms with Crippen LogP contribution in [-0.2, 0) is 6.54 Å². The van der Waals surface area contributed by atoms with Crippen molar-refractivity contribution in [2.75, 3.05) is 0 Å². The fourth-order valence-electron chi connectivity index (χ4n) is 2.43. The zero-order chi connectivity index (χ0) is 13.8. The molecule has 0 spiro atoms. The minimum absolute atomic E-state index is 0.336. The van der Waals surface area contributed by atoms with Gasteiger partial charge in [-0.2, -0.15) is 0 Å². The van der Waals surface area contributed by atoms with Crippen molar-refractivity contribution >= 4 is 10.9 Å². The molecule has 100 valence electrons. The van der Waals surface area contributed by atoms with Crippen LogP contribution >= 0.6 is 0 Å². The van der Waals surface area contributed by atoms with E-state index in [1.54, 1.807) is 0 Å². The molecule has 0 amide bonds. The van der Waals surface area contributed by atoms with Crippen LogP contribution < -0.4 is 5.32 Å². The van der Waals surface area contributed by atoms with Crippen molar-refractivity contribution in [1.82, 2.24) is 10.3 Å². The minimum atomic E-state index is 0.336. The van der Waals surface area contributed by atoms with Gasteiger partial charge in [-0.1, -0.05) is 48.5 Å². The predicted molar refractivity (Wildman–Crippen MR) is 83.4 cm³/mol. The third-order valence-electron chi connectivity index (χ3n) is 3.64. The van der Waals surface area contributed by atoms with Crippen LogP contribution in [0.25, 0.3) is 10.9 Å². The highest BCUT2D eigenvalue weighted by Crippen LogP contribution is 2.18. The van der Waals surface area contributed by atoms with Gasteiger partial charge in [0.2, 0.25) is 0 Å². The van der Waals surface area contributed by atoms with E-state index in [0.717, 1.165) is 12.1 Å². The molecule has 1 heterocycles. The van der Waals surface area contributed by atoms with Crippen molar-refractivity contribution in [3.05, 3.63) is 78.0 Å².